The molecule has 4 rings (SSSR count). The number of aromatic nitrogens is 3. The molecule has 5 nitrogen and oxygen atoms in total. The van der Waals surface area contributed by atoms with Gasteiger partial charge in [-0.15, -0.1) is 10.2 Å². The number of aryl methyl sites for hydroxylation is 2. The van der Waals surface area contributed by atoms with E-state index in [1.807, 2.05) is 0 Å². The lowest BCUT2D eigenvalue weighted by Gasteiger charge is -2.19. The van der Waals surface area contributed by atoms with Gasteiger partial charge in [0, 0.05) is 24.6 Å². The van der Waals surface area contributed by atoms with Crippen molar-refractivity contribution in [2.75, 3.05) is 6.61 Å². The van der Waals surface area contributed by atoms with Gasteiger partial charge in [-0.1, -0.05) is 24.1 Å². The smallest absolute Gasteiger partial charge is 0.147 e. The quantitative estimate of drug-likeness (QED) is 0.940. The van der Waals surface area contributed by atoms with Crippen LogP contribution in [0.2, 0.25) is 0 Å². The number of benzene rings is 1. The summed E-state index contributed by atoms with van der Waals surface area (Å²) < 4.78 is 8.23. The van der Waals surface area contributed by atoms with Gasteiger partial charge in [-0.05, 0) is 38.7 Å². The first-order valence-corrected chi connectivity index (χ1v) is 9.19. The summed E-state index contributed by atoms with van der Waals surface area (Å²) in [6.45, 7) is 4.77. The number of rotatable bonds is 3. The van der Waals surface area contributed by atoms with Gasteiger partial charge in [-0.25, -0.2) is 0 Å². The number of nitrogens with zero attached hydrogens (tertiary/aromatic N) is 3. The van der Waals surface area contributed by atoms with E-state index in [-0.39, 0.29) is 0 Å². The van der Waals surface area contributed by atoms with Crippen LogP contribution in [0.25, 0.3) is 0 Å². The molecule has 1 aromatic heterocycles. The number of hydrogen-bond donors (Lipinski definition) is 1. The van der Waals surface area contributed by atoms with E-state index in [1.54, 1.807) is 0 Å². The molecular formula is C19H26N4O. The maximum absolute atomic E-state index is 5.90. The van der Waals surface area contributed by atoms with Crippen molar-refractivity contribution in [3.63, 3.8) is 0 Å². The van der Waals surface area contributed by atoms with Crippen LogP contribution in [-0.4, -0.2) is 21.4 Å². The Kier molecular flexibility index (Phi) is 4.52. The molecule has 0 unspecified atom stereocenters. The summed E-state index contributed by atoms with van der Waals surface area (Å²) >= 11 is 0. The molecule has 2 aliphatic heterocycles. The highest BCUT2D eigenvalue weighted by molar-refractivity contribution is 5.39. The first-order chi connectivity index (χ1) is 11.8. The molecule has 0 aliphatic carbocycles. The average Bonchev–Trinajstić information content (AvgIpc) is 2.77. The monoisotopic (exact) mass is 326 g/mol. The zero-order valence-corrected chi connectivity index (χ0v) is 14.4. The lowest BCUT2D eigenvalue weighted by atomic mass is 10.00. The fourth-order valence-corrected chi connectivity index (χ4v) is 3.80. The van der Waals surface area contributed by atoms with Gasteiger partial charge in [0.2, 0.25) is 0 Å². The van der Waals surface area contributed by atoms with Crippen molar-refractivity contribution in [2.45, 2.75) is 64.6 Å². The summed E-state index contributed by atoms with van der Waals surface area (Å²) in [5.41, 5.74) is 2.56. The molecule has 24 heavy (non-hydrogen) atoms. The van der Waals surface area contributed by atoms with E-state index in [9.17, 15) is 0 Å². The van der Waals surface area contributed by atoms with Gasteiger partial charge in [0.1, 0.15) is 17.4 Å². The molecule has 0 amide bonds. The zero-order valence-electron chi connectivity index (χ0n) is 14.4. The van der Waals surface area contributed by atoms with E-state index in [2.05, 4.69) is 45.2 Å². The Morgan fingerprint density at radius 3 is 3.12 bits per heavy atom. The summed E-state index contributed by atoms with van der Waals surface area (Å²) in [6.07, 6.45) is 6.99. The lowest BCUT2D eigenvalue weighted by molar-refractivity contribution is 0.315. The Balaban J connectivity index is 1.52. The molecule has 0 saturated heterocycles. The summed E-state index contributed by atoms with van der Waals surface area (Å²) in [7, 11) is 0. The van der Waals surface area contributed by atoms with E-state index in [4.69, 9.17) is 4.74 Å². The second-order valence-electron chi connectivity index (χ2n) is 6.96. The normalized spacial score (nSPS) is 20.5. The van der Waals surface area contributed by atoms with Crippen molar-refractivity contribution in [3.8, 4) is 5.75 Å². The van der Waals surface area contributed by atoms with Crippen molar-refractivity contribution < 1.29 is 4.74 Å². The van der Waals surface area contributed by atoms with Crippen molar-refractivity contribution in [1.29, 1.82) is 0 Å². The molecule has 0 radical (unpaired) electrons. The minimum absolute atomic E-state index is 0.320. The van der Waals surface area contributed by atoms with Crippen molar-refractivity contribution in [3.05, 3.63) is 41.0 Å². The topological polar surface area (TPSA) is 52.0 Å². The predicted octanol–water partition coefficient (Wildman–Crippen LogP) is 3.32. The maximum atomic E-state index is 5.90. The Bertz CT molecular complexity index is 709. The van der Waals surface area contributed by atoms with Crippen molar-refractivity contribution in [1.82, 2.24) is 20.1 Å². The molecule has 1 atom stereocenters. The van der Waals surface area contributed by atoms with Crippen LogP contribution in [0.15, 0.2) is 18.2 Å². The van der Waals surface area contributed by atoms with Gasteiger partial charge < -0.3 is 14.6 Å². The molecule has 5 heteroatoms. The highest BCUT2D eigenvalue weighted by Gasteiger charge is 2.21. The number of fused-ring (bicyclic) bond motifs is 2. The number of nitrogens with one attached hydrogen (secondary N) is 1. The second-order valence-corrected chi connectivity index (χ2v) is 6.96. The van der Waals surface area contributed by atoms with Crippen LogP contribution in [0.1, 0.15) is 60.9 Å². The van der Waals surface area contributed by atoms with Crippen LogP contribution in [0.4, 0.5) is 0 Å². The Labute approximate surface area is 143 Å². The molecule has 0 spiro atoms. The highest BCUT2D eigenvalue weighted by Crippen LogP contribution is 2.32. The molecule has 3 heterocycles. The minimum atomic E-state index is 0.320. The van der Waals surface area contributed by atoms with Gasteiger partial charge in [-0.2, -0.15) is 0 Å². The molecule has 0 saturated carbocycles. The molecule has 1 N–H and O–H groups in total. The summed E-state index contributed by atoms with van der Waals surface area (Å²) in [4.78, 5) is 0. The predicted molar refractivity (Wildman–Crippen MR) is 93.1 cm³/mol. The summed E-state index contributed by atoms with van der Waals surface area (Å²) in [5, 5.41) is 12.6. The van der Waals surface area contributed by atoms with Gasteiger partial charge in [0.05, 0.1) is 13.2 Å². The Morgan fingerprint density at radius 1 is 1.21 bits per heavy atom. The van der Waals surface area contributed by atoms with Gasteiger partial charge >= 0.3 is 0 Å². The van der Waals surface area contributed by atoms with E-state index in [0.29, 0.717) is 6.04 Å². The first kappa shape index (κ1) is 15.6. The van der Waals surface area contributed by atoms with Crippen molar-refractivity contribution >= 4 is 0 Å². The standard InChI is InChI=1S/C19H26N4O/c1-14-8-9-17-15(12-14)16(6-5-11-24-17)20-13-19-22-21-18-7-3-2-4-10-23(18)19/h8-9,12,16,20H,2-7,10-11,13H2,1H3/t16-/m0/s1. The van der Waals surface area contributed by atoms with E-state index >= 15 is 0 Å². The molecule has 0 fully saturated rings. The van der Waals surface area contributed by atoms with Crippen LogP contribution in [0, 0.1) is 6.92 Å². The zero-order chi connectivity index (χ0) is 16.4. The fraction of sp³-hybridized carbons (Fsp3) is 0.579. The van der Waals surface area contributed by atoms with Gasteiger partial charge in [0.15, 0.2) is 0 Å². The maximum Gasteiger partial charge on any atom is 0.147 e. The van der Waals surface area contributed by atoms with Crippen LogP contribution in [0.5, 0.6) is 5.75 Å². The third-order valence-corrected chi connectivity index (χ3v) is 5.13. The first-order valence-electron chi connectivity index (χ1n) is 9.19. The number of hydrogen-bond acceptors (Lipinski definition) is 4. The van der Waals surface area contributed by atoms with E-state index in [1.165, 1.54) is 30.4 Å². The molecule has 2 aromatic rings. The van der Waals surface area contributed by atoms with Crippen LogP contribution in [0.3, 0.4) is 0 Å². The SMILES string of the molecule is Cc1ccc2c(c1)[C@@H](NCc1nnc3n1CCCCC3)CCCO2. The third kappa shape index (κ3) is 3.18. The van der Waals surface area contributed by atoms with Crippen LogP contribution < -0.4 is 10.1 Å². The van der Waals surface area contributed by atoms with E-state index in [0.717, 1.165) is 56.4 Å². The second kappa shape index (κ2) is 6.93. The largest absolute Gasteiger partial charge is 0.493 e. The summed E-state index contributed by atoms with van der Waals surface area (Å²) in [6, 6.07) is 6.80. The van der Waals surface area contributed by atoms with E-state index < -0.39 is 0 Å². The molecule has 128 valence electrons. The minimum Gasteiger partial charge on any atom is -0.493 e. The Hall–Kier alpha value is -1.88. The third-order valence-electron chi connectivity index (χ3n) is 5.13. The van der Waals surface area contributed by atoms with Crippen LogP contribution in [-0.2, 0) is 19.5 Å². The average molecular weight is 326 g/mol. The van der Waals surface area contributed by atoms with Crippen LogP contribution >= 0.6 is 0 Å². The van der Waals surface area contributed by atoms with Crippen molar-refractivity contribution in [2.24, 2.45) is 0 Å². The van der Waals surface area contributed by atoms with Gasteiger partial charge in [0.25, 0.3) is 0 Å². The highest BCUT2D eigenvalue weighted by atomic mass is 16.5. The molecule has 0 bridgehead atoms. The lowest BCUT2D eigenvalue weighted by Crippen LogP contribution is -2.23. The fourth-order valence-electron chi connectivity index (χ4n) is 3.80. The molecule has 2 aliphatic rings. The Morgan fingerprint density at radius 2 is 2.17 bits per heavy atom. The summed E-state index contributed by atoms with van der Waals surface area (Å²) in [5.74, 6) is 3.26. The number of ether oxygens (including phenoxy) is 1. The van der Waals surface area contributed by atoms with Gasteiger partial charge in [-0.3, -0.25) is 0 Å². The molecular weight excluding hydrogens is 300 g/mol. The molecule has 1 aromatic carbocycles.